The first-order chi connectivity index (χ1) is 8.12. The normalized spacial score (nSPS) is 10.9. The number of hydrogen-bond acceptors (Lipinski definition) is 3. The van der Waals surface area contributed by atoms with Crippen LogP contribution in [0.5, 0.6) is 5.75 Å². The van der Waals surface area contributed by atoms with E-state index in [0.29, 0.717) is 28.6 Å². The Kier molecular flexibility index (Phi) is 6.06. The summed E-state index contributed by atoms with van der Waals surface area (Å²) in [5, 5.41) is 18.9. The second-order valence-corrected chi connectivity index (χ2v) is 4.68. The first-order valence-corrected chi connectivity index (χ1v) is 6.11. The van der Waals surface area contributed by atoms with Crippen molar-refractivity contribution in [3.05, 3.63) is 27.7 Å². The molecule has 96 valence electrons. The summed E-state index contributed by atoms with van der Waals surface area (Å²) in [5.74, 6) is 0.368. The van der Waals surface area contributed by atoms with Crippen LogP contribution >= 0.6 is 23.2 Å². The van der Waals surface area contributed by atoms with Gasteiger partial charge in [0.2, 0.25) is 0 Å². The van der Waals surface area contributed by atoms with Crippen molar-refractivity contribution in [3.8, 4) is 5.75 Å². The highest BCUT2D eigenvalue weighted by molar-refractivity contribution is 6.37. The number of rotatable bonds is 6. The van der Waals surface area contributed by atoms with E-state index >= 15 is 0 Å². The van der Waals surface area contributed by atoms with E-state index in [0.717, 1.165) is 5.56 Å². The molecule has 17 heavy (non-hydrogen) atoms. The number of aliphatic hydroxyl groups is 2. The molecule has 0 aromatic heterocycles. The second-order valence-electron chi connectivity index (χ2n) is 3.86. The van der Waals surface area contributed by atoms with Crippen LogP contribution in [0, 0.1) is 5.92 Å². The Balaban J connectivity index is 2.73. The Morgan fingerprint density at radius 1 is 1.18 bits per heavy atom. The van der Waals surface area contributed by atoms with Gasteiger partial charge in [-0.2, -0.15) is 0 Å². The van der Waals surface area contributed by atoms with Crippen LogP contribution in [0.1, 0.15) is 12.0 Å². The van der Waals surface area contributed by atoms with E-state index < -0.39 is 0 Å². The Morgan fingerprint density at radius 2 is 1.71 bits per heavy atom. The van der Waals surface area contributed by atoms with Crippen molar-refractivity contribution in [3.63, 3.8) is 0 Å². The number of hydrogen-bond donors (Lipinski definition) is 2. The highest BCUT2D eigenvalue weighted by Gasteiger charge is 2.10. The molecule has 1 aromatic carbocycles. The van der Waals surface area contributed by atoms with E-state index in [4.69, 9.17) is 38.2 Å². The molecule has 0 bridgehead atoms. The minimum absolute atomic E-state index is 0.0197. The summed E-state index contributed by atoms with van der Waals surface area (Å²) in [6.45, 7) is -0.0394. The zero-order valence-electron chi connectivity index (χ0n) is 9.62. The molecule has 0 atom stereocenters. The molecule has 0 saturated heterocycles. The molecule has 0 unspecified atom stereocenters. The van der Waals surface area contributed by atoms with E-state index in [2.05, 4.69) is 0 Å². The molecule has 0 fully saturated rings. The summed E-state index contributed by atoms with van der Waals surface area (Å²) in [4.78, 5) is 0. The van der Waals surface area contributed by atoms with Gasteiger partial charge in [-0.05, 0) is 30.5 Å². The van der Waals surface area contributed by atoms with E-state index in [-0.39, 0.29) is 19.1 Å². The summed E-state index contributed by atoms with van der Waals surface area (Å²) in [6, 6.07) is 3.58. The summed E-state index contributed by atoms with van der Waals surface area (Å²) in [7, 11) is 1.51. The second kappa shape index (κ2) is 7.07. The third-order valence-electron chi connectivity index (χ3n) is 2.62. The Hall–Kier alpha value is -0.480. The standard InChI is InChI=1S/C12H16Cl2O3/c1-17-12-10(13)4-8(5-11(12)14)2-3-9(6-15)7-16/h4-5,9,15-16H,2-3,6-7H2,1H3. The van der Waals surface area contributed by atoms with Gasteiger partial charge in [-0.1, -0.05) is 23.2 Å². The van der Waals surface area contributed by atoms with Gasteiger partial charge in [0.05, 0.1) is 17.2 Å². The van der Waals surface area contributed by atoms with Crippen molar-refractivity contribution in [2.45, 2.75) is 12.8 Å². The van der Waals surface area contributed by atoms with Gasteiger partial charge in [-0.25, -0.2) is 0 Å². The molecule has 1 aromatic rings. The SMILES string of the molecule is COc1c(Cl)cc(CCC(CO)CO)cc1Cl. The minimum atomic E-state index is -0.102. The molecular weight excluding hydrogens is 263 g/mol. The molecule has 2 N–H and O–H groups in total. The zero-order chi connectivity index (χ0) is 12.8. The molecule has 0 radical (unpaired) electrons. The van der Waals surface area contributed by atoms with Crippen molar-refractivity contribution >= 4 is 23.2 Å². The lowest BCUT2D eigenvalue weighted by molar-refractivity contribution is 0.144. The Labute approximate surface area is 111 Å². The first kappa shape index (κ1) is 14.6. The lowest BCUT2D eigenvalue weighted by atomic mass is 10.0. The van der Waals surface area contributed by atoms with Gasteiger partial charge in [0, 0.05) is 19.1 Å². The topological polar surface area (TPSA) is 49.7 Å². The monoisotopic (exact) mass is 278 g/mol. The molecule has 0 aliphatic carbocycles. The van der Waals surface area contributed by atoms with Crippen LogP contribution < -0.4 is 4.74 Å². The Bertz CT molecular complexity index is 342. The van der Waals surface area contributed by atoms with Crippen LogP contribution in [0.25, 0.3) is 0 Å². The van der Waals surface area contributed by atoms with Crippen molar-refractivity contribution in [2.24, 2.45) is 5.92 Å². The number of benzene rings is 1. The highest BCUT2D eigenvalue weighted by atomic mass is 35.5. The maximum atomic E-state index is 8.96. The quantitative estimate of drug-likeness (QED) is 0.841. The van der Waals surface area contributed by atoms with Gasteiger partial charge in [0.15, 0.2) is 5.75 Å². The molecule has 0 amide bonds. The van der Waals surface area contributed by atoms with E-state index in [9.17, 15) is 0 Å². The van der Waals surface area contributed by atoms with E-state index in [1.807, 2.05) is 0 Å². The minimum Gasteiger partial charge on any atom is -0.494 e. The average Bonchev–Trinajstić information content (AvgIpc) is 2.30. The fraction of sp³-hybridized carbons (Fsp3) is 0.500. The number of aliphatic hydroxyl groups excluding tert-OH is 2. The van der Waals surface area contributed by atoms with Crippen molar-refractivity contribution in [1.82, 2.24) is 0 Å². The highest BCUT2D eigenvalue weighted by Crippen LogP contribution is 2.34. The molecule has 0 aliphatic heterocycles. The molecule has 0 spiro atoms. The Morgan fingerprint density at radius 3 is 2.12 bits per heavy atom. The van der Waals surface area contributed by atoms with E-state index in [1.54, 1.807) is 12.1 Å². The van der Waals surface area contributed by atoms with Crippen LogP contribution in [0.2, 0.25) is 10.0 Å². The fourth-order valence-electron chi connectivity index (χ4n) is 1.56. The fourth-order valence-corrected chi connectivity index (χ4v) is 2.25. The predicted molar refractivity (Wildman–Crippen MR) is 69.0 cm³/mol. The molecular formula is C12H16Cl2O3. The van der Waals surface area contributed by atoms with Gasteiger partial charge in [-0.3, -0.25) is 0 Å². The average molecular weight is 279 g/mol. The third-order valence-corrected chi connectivity index (χ3v) is 3.18. The third kappa shape index (κ3) is 4.03. The zero-order valence-corrected chi connectivity index (χ0v) is 11.1. The summed E-state index contributed by atoms with van der Waals surface area (Å²) in [5.41, 5.74) is 0.965. The molecule has 1 rings (SSSR count). The summed E-state index contributed by atoms with van der Waals surface area (Å²) in [6.07, 6.45) is 1.39. The van der Waals surface area contributed by atoms with Gasteiger partial charge in [-0.15, -0.1) is 0 Å². The number of halogens is 2. The van der Waals surface area contributed by atoms with Gasteiger partial charge >= 0.3 is 0 Å². The van der Waals surface area contributed by atoms with Crippen LogP contribution in [0.15, 0.2) is 12.1 Å². The summed E-state index contributed by atoms with van der Waals surface area (Å²) < 4.78 is 5.05. The van der Waals surface area contributed by atoms with Crippen LogP contribution in [0.4, 0.5) is 0 Å². The van der Waals surface area contributed by atoms with Crippen LogP contribution in [0.3, 0.4) is 0 Å². The van der Waals surface area contributed by atoms with Gasteiger partial charge in [0.25, 0.3) is 0 Å². The number of aryl methyl sites for hydroxylation is 1. The molecule has 3 nitrogen and oxygen atoms in total. The van der Waals surface area contributed by atoms with Crippen molar-refractivity contribution in [1.29, 1.82) is 0 Å². The maximum absolute atomic E-state index is 8.96. The van der Waals surface area contributed by atoms with Crippen LogP contribution in [-0.2, 0) is 6.42 Å². The number of methoxy groups -OCH3 is 1. The predicted octanol–water partition coefficient (Wildman–Crippen LogP) is 2.54. The molecule has 0 aliphatic rings. The lowest BCUT2D eigenvalue weighted by Crippen LogP contribution is -2.11. The maximum Gasteiger partial charge on any atom is 0.156 e. The number of ether oxygens (including phenoxy) is 1. The largest absolute Gasteiger partial charge is 0.494 e. The van der Waals surface area contributed by atoms with Gasteiger partial charge < -0.3 is 14.9 Å². The van der Waals surface area contributed by atoms with E-state index in [1.165, 1.54) is 7.11 Å². The molecule has 0 heterocycles. The van der Waals surface area contributed by atoms with Crippen molar-refractivity contribution < 1.29 is 14.9 Å². The van der Waals surface area contributed by atoms with Crippen molar-refractivity contribution in [2.75, 3.05) is 20.3 Å². The molecule has 5 heteroatoms. The smallest absolute Gasteiger partial charge is 0.156 e. The van der Waals surface area contributed by atoms with Gasteiger partial charge in [0.1, 0.15) is 0 Å². The summed E-state index contributed by atoms with van der Waals surface area (Å²) >= 11 is 12.0. The van der Waals surface area contributed by atoms with Crippen LogP contribution in [-0.4, -0.2) is 30.5 Å². The molecule has 0 saturated carbocycles. The first-order valence-electron chi connectivity index (χ1n) is 5.36. The lowest BCUT2D eigenvalue weighted by Gasteiger charge is -2.12.